The van der Waals surface area contributed by atoms with E-state index in [0.29, 0.717) is 11.8 Å². The van der Waals surface area contributed by atoms with Gasteiger partial charge >= 0.3 is 0 Å². The van der Waals surface area contributed by atoms with Crippen LogP contribution in [0.4, 0.5) is 11.5 Å². The smallest absolute Gasteiger partial charge is 0.133 e. The largest absolute Gasteiger partial charge is 0.327 e. The van der Waals surface area contributed by atoms with Crippen LogP contribution in [0.5, 0.6) is 0 Å². The molecule has 0 unspecified atom stereocenters. The molecule has 0 spiro atoms. The highest BCUT2D eigenvalue weighted by molar-refractivity contribution is 6.17. The quantitative estimate of drug-likeness (QED) is 0.686. The predicted molar refractivity (Wildman–Crippen MR) is 91.7 cm³/mol. The number of aromatic nitrogens is 1. The molecule has 2 aromatic rings. The third kappa shape index (κ3) is 3.76. The molecule has 0 saturated heterocycles. The van der Waals surface area contributed by atoms with Crippen molar-refractivity contribution in [3.8, 4) is 0 Å². The standard InChI is InChI=1S/C18H23ClN2/c1-5-21(16-8-6-14(4)7-9-16)18-11-15(12-19)10-17(20-18)13(2)3/h6-11,13H,5,12H2,1-4H3. The van der Waals surface area contributed by atoms with Crippen LogP contribution in [0.1, 0.15) is 43.5 Å². The van der Waals surface area contributed by atoms with Crippen molar-refractivity contribution < 1.29 is 0 Å². The molecule has 0 aliphatic carbocycles. The van der Waals surface area contributed by atoms with Crippen molar-refractivity contribution in [2.45, 2.75) is 39.5 Å². The molecule has 3 heteroatoms. The molecule has 2 rings (SSSR count). The van der Waals surface area contributed by atoms with Gasteiger partial charge in [-0.2, -0.15) is 0 Å². The van der Waals surface area contributed by atoms with E-state index in [9.17, 15) is 0 Å². The van der Waals surface area contributed by atoms with Gasteiger partial charge in [-0.3, -0.25) is 0 Å². The summed E-state index contributed by atoms with van der Waals surface area (Å²) in [4.78, 5) is 7.04. The summed E-state index contributed by atoms with van der Waals surface area (Å²) in [5.74, 6) is 1.88. The Morgan fingerprint density at radius 3 is 2.33 bits per heavy atom. The zero-order valence-electron chi connectivity index (χ0n) is 13.2. The van der Waals surface area contributed by atoms with Crippen LogP contribution < -0.4 is 4.90 Å². The van der Waals surface area contributed by atoms with Gasteiger partial charge in [0.2, 0.25) is 0 Å². The molecule has 0 N–H and O–H groups in total. The van der Waals surface area contributed by atoms with Crippen molar-refractivity contribution >= 4 is 23.1 Å². The lowest BCUT2D eigenvalue weighted by molar-refractivity contribution is 0.813. The maximum atomic E-state index is 6.04. The molecular weight excluding hydrogens is 280 g/mol. The number of pyridine rings is 1. The number of aryl methyl sites for hydroxylation is 1. The van der Waals surface area contributed by atoms with Crippen LogP contribution in [-0.4, -0.2) is 11.5 Å². The summed E-state index contributed by atoms with van der Waals surface area (Å²) in [6, 6.07) is 12.7. The van der Waals surface area contributed by atoms with Gasteiger partial charge in [-0.05, 0) is 49.6 Å². The number of alkyl halides is 1. The molecule has 0 amide bonds. The van der Waals surface area contributed by atoms with Crippen molar-refractivity contribution in [3.63, 3.8) is 0 Å². The van der Waals surface area contributed by atoms with Gasteiger partial charge in [-0.25, -0.2) is 4.98 Å². The summed E-state index contributed by atoms with van der Waals surface area (Å²) in [7, 11) is 0. The minimum absolute atomic E-state index is 0.392. The number of anilines is 2. The van der Waals surface area contributed by atoms with Gasteiger partial charge in [0.1, 0.15) is 5.82 Å². The normalized spacial score (nSPS) is 11.0. The molecule has 0 radical (unpaired) electrons. The lowest BCUT2D eigenvalue weighted by Crippen LogP contribution is -2.18. The van der Waals surface area contributed by atoms with Crippen LogP contribution in [0, 0.1) is 6.92 Å². The third-order valence-corrected chi connectivity index (χ3v) is 3.88. The SMILES string of the molecule is CCN(c1ccc(C)cc1)c1cc(CCl)cc(C(C)C)n1. The summed E-state index contributed by atoms with van der Waals surface area (Å²) in [5, 5.41) is 0. The van der Waals surface area contributed by atoms with Gasteiger partial charge in [0.05, 0.1) is 0 Å². The molecule has 0 atom stereocenters. The maximum Gasteiger partial charge on any atom is 0.133 e. The number of nitrogens with zero attached hydrogens (tertiary/aromatic N) is 2. The van der Waals surface area contributed by atoms with E-state index in [1.54, 1.807) is 0 Å². The first-order valence-electron chi connectivity index (χ1n) is 7.46. The Hall–Kier alpha value is -1.54. The Bertz CT molecular complexity index is 591. The average Bonchev–Trinajstić information content (AvgIpc) is 2.49. The van der Waals surface area contributed by atoms with Crippen molar-refractivity contribution in [3.05, 3.63) is 53.2 Å². The molecule has 0 fully saturated rings. The highest BCUT2D eigenvalue weighted by atomic mass is 35.5. The molecule has 1 aromatic heterocycles. The average molecular weight is 303 g/mol. The van der Waals surface area contributed by atoms with Crippen LogP contribution in [0.2, 0.25) is 0 Å². The molecule has 0 bridgehead atoms. The fourth-order valence-corrected chi connectivity index (χ4v) is 2.46. The predicted octanol–water partition coefficient (Wildman–Crippen LogP) is 5.41. The van der Waals surface area contributed by atoms with Gasteiger partial charge in [0.25, 0.3) is 0 Å². The molecule has 0 aliphatic rings. The summed E-state index contributed by atoms with van der Waals surface area (Å²) in [5.41, 5.74) is 4.64. The number of hydrogen-bond acceptors (Lipinski definition) is 2. The fraction of sp³-hybridized carbons (Fsp3) is 0.389. The Morgan fingerprint density at radius 1 is 1.14 bits per heavy atom. The Balaban J connectivity index is 2.46. The van der Waals surface area contributed by atoms with E-state index in [-0.39, 0.29) is 0 Å². The molecule has 21 heavy (non-hydrogen) atoms. The molecule has 0 saturated carbocycles. The van der Waals surface area contributed by atoms with E-state index >= 15 is 0 Å². The van der Waals surface area contributed by atoms with Gasteiger partial charge in [0, 0.05) is 23.8 Å². The molecule has 0 aliphatic heterocycles. The number of hydrogen-bond donors (Lipinski definition) is 0. The topological polar surface area (TPSA) is 16.1 Å². The third-order valence-electron chi connectivity index (χ3n) is 3.58. The van der Waals surface area contributed by atoms with E-state index in [0.717, 1.165) is 29.3 Å². The van der Waals surface area contributed by atoms with E-state index < -0.39 is 0 Å². The van der Waals surface area contributed by atoms with Crippen molar-refractivity contribution in [2.75, 3.05) is 11.4 Å². The van der Waals surface area contributed by atoms with Gasteiger partial charge in [-0.15, -0.1) is 11.6 Å². The lowest BCUT2D eigenvalue weighted by atomic mass is 10.1. The monoisotopic (exact) mass is 302 g/mol. The number of benzene rings is 1. The van der Waals surface area contributed by atoms with E-state index in [1.807, 2.05) is 0 Å². The first-order chi connectivity index (χ1) is 10.0. The first kappa shape index (κ1) is 15.8. The lowest BCUT2D eigenvalue weighted by Gasteiger charge is -2.24. The molecular formula is C18H23ClN2. The van der Waals surface area contributed by atoms with Crippen LogP contribution in [0.15, 0.2) is 36.4 Å². The summed E-state index contributed by atoms with van der Waals surface area (Å²) >= 11 is 6.04. The summed E-state index contributed by atoms with van der Waals surface area (Å²) < 4.78 is 0. The van der Waals surface area contributed by atoms with Gasteiger partial charge in [0.15, 0.2) is 0 Å². The van der Waals surface area contributed by atoms with E-state index in [2.05, 4.69) is 69.0 Å². The molecule has 112 valence electrons. The summed E-state index contributed by atoms with van der Waals surface area (Å²) in [6.45, 7) is 9.44. The minimum atomic E-state index is 0.392. The van der Waals surface area contributed by atoms with Gasteiger partial charge < -0.3 is 4.90 Å². The van der Waals surface area contributed by atoms with Crippen molar-refractivity contribution in [1.82, 2.24) is 4.98 Å². The minimum Gasteiger partial charge on any atom is -0.327 e. The second-order valence-electron chi connectivity index (χ2n) is 5.63. The van der Waals surface area contributed by atoms with Crippen LogP contribution in [0.3, 0.4) is 0 Å². The van der Waals surface area contributed by atoms with Gasteiger partial charge in [-0.1, -0.05) is 31.5 Å². The molecule has 1 heterocycles. The molecule has 1 aromatic carbocycles. The van der Waals surface area contributed by atoms with Crippen molar-refractivity contribution in [2.24, 2.45) is 0 Å². The highest BCUT2D eigenvalue weighted by Crippen LogP contribution is 2.27. The van der Waals surface area contributed by atoms with Crippen LogP contribution in [-0.2, 0) is 5.88 Å². The molecule has 2 nitrogen and oxygen atoms in total. The first-order valence-corrected chi connectivity index (χ1v) is 7.99. The van der Waals surface area contributed by atoms with Crippen LogP contribution in [0.25, 0.3) is 0 Å². The second-order valence-corrected chi connectivity index (χ2v) is 5.89. The Kier molecular flexibility index (Phi) is 5.24. The maximum absolute atomic E-state index is 6.04. The van der Waals surface area contributed by atoms with E-state index in [4.69, 9.17) is 16.6 Å². The number of halogens is 1. The second kappa shape index (κ2) is 6.95. The summed E-state index contributed by atoms with van der Waals surface area (Å²) in [6.07, 6.45) is 0. The Labute approximate surface area is 132 Å². The fourth-order valence-electron chi connectivity index (χ4n) is 2.31. The van der Waals surface area contributed by atoms with Crippen molar-refractivity contribution in [1.29, 1.82) is 0 Å². The zero-order valence-corrected chi connectivity index (χ0v) is 14.0. The Morgan fingerprint density at radius 2 is 1.81 bits per heavy atom. The van der Waals surface area contributed by atoms with E-state index in [1.165, 1.54) is 5.56 Å². The van der Waals surface area contributed by atoms with Crippen LogP contribution >= 0.6 is 11.6 Å². The number of rotatable bonds is 5. The highest BCUT2D eigenvalue weighted by Gasteiger charge is 2.12. The zero-order chi connectivity index (χ0) is 15.4.